The van der Waals surface area contributed by atoms with Gasteiger partial charge in [-0.05, 0) is 25.2 Å². The maximum absolute atomic E-state index is 12.4. The number of amides is 1. The van der Waals surface area contributed by atoms with Gasteiger partial charge in [-0.15, -0.1) is 0 Å². The van der Waals surface area contributed by atoms with E-state index < -0.39 is 12.0 Å². The van der Waals surface area contributed by atoms with Crippen LogP contribution in [0.15, 0.2) is 6.33 Å². The smallest absolute Gasteiger partial charge is 0.326 e. The van der Waals surface area contributed by atoms with Gasteiger partial charge in [-0.1, -0.05) is 12.8 Å². The van der Waals surface area contributed by atoms with Crippen LogP contribution in [-0.4, -0.2) is 49.1 Å². The first kappa shape index (κ1) is 12.1. The molecule has 1 saturated heterocycles. The number of nitrogens with one attached hydrogen (secondary N) is 1. The van der Waals surface area contributed by atoms with Gasteiger partial charge in [0.05, 0.1) is 0 Å². The van der Waals surface area contributed by atoms with Crippen molar-refractivity contribution < 1.29 is 14.7 Å². The van der Waals surface area contributed by atoms with Crippen LogP contribution in [0.5, 0.6) is 0 Å². The van der Waals surface area contributed by atoms with E-state index in [1.165, 1.54) is 11.2 Å². The lowest BCUT2D eigenvalue weighted by atomic mass is 9.85. The molecule has 2 fully saturated rings. The monoisotopic (exact) mass is 264 g/mol. The molecule has 1 aliphatic heterocycles. The number of carbonyl (C=O) groups excluding carboxylic acids is 1. The Morgan fingerprint density at radius 1 is 1.37 bits per heavy atom. The molecule has 2 aliphatic rings. The van der Waals surface area contributed by atoms with Gasteiger partial charge in [-0.25, -0.2) is 9.78 Å². The molecule has 0 aromatic carbocycles. The van der Waals surface area contributed by atoms with Crippen LogP contribution >= 0.6 is 0 Å². The molecule has 7 heteroatoms. The van der Waals surface area contributed by atoms with E-state index in [4.69, 9.17) is 0 Å². The summed E-state index contributed by atoms with van der Waals surface area (Å²) in [5.74, 6) is -0.847. The predicted octanol–water partition coefficient (Wildman–Crippen LogP) is 0.663. The van der Waals surface area contributed by atoms with Gasteiger partial charge in [0, 0.05) is 6.04 Å². The van der Waals surface area contributed by atoms with Crippen LogP contribution in [0.2, 0.25) is 0 Å². The van der Waals surface area contributed by atoms with E-state index in [2.05, 4.69) is 15.2 Å². The van der Waals surface area contributed by atoms with Crippen LogP contribution in [0.25, 0.3) is 0 Å². The number of hydrogen-bond donors (Lipinski definition) is 2. The number of hydrogen-bond acceptors (Lipinski definition) is 4. The molecule has 7 nitrogen and oxygen atoms in total. The first-order chi connectivity index (χ1) is 9.18. The number of rotatable bonds is 2. The number of aromatic nitrogens is 3. The zero-order chi connectivity index (χ0) is 13.4. The second-order valence-electron chi connectivity index (χ2n) is 5.25. The Morgan fingerprint density at radius 3 is 2.84 bits per heavy atom. The topological polar surface area (TPSA) is 99.2 Å². The molecule has 1 aromatic rings. The van der Waals surface area contributed by atoms with Crippen molar-refractivity contribution in [3.63, 3.8) is 0 Å². The summed E-state index contributed by atoms with van der Waals surface area (Å²) < 4.78 is 0. The van der Waals surface area contributed by atoms with E-state index in [1.54, 1.807) is 0 Å². The average molecular weight is 264 g/mol. The van der Waals surface area contributed by atoms with Crippen LogP contribution in [0, 0.1) is 5.92 Å². The van der Waals surface area contributed by atoms with E-state index >= 15 is 0 Å². The average Bonchev–Trinajstić information content (AvgIpc) is 3.05. The van der Waals surface area contributed by atoms with E-state index in [0.717, 1.165) is 25.7 Å². The van der Waals surface area contributed by atoms with Gasteiger partial charge < -0.3 is 10.0 Å². The van der Waals surface area contributed by atoms with Crippen molar-refractivity contribution in [2.45, 2.75) is 44.2 Å². The normalized spacial score (nSPS) is 30.1. The number of carboxylic acid groups (broad SMARTS) is 1. The molecule has 0 radical (unpaired) electrons. The second-order valence-corrected chi connectivity index (χ2v) is 5.25. The van der Waals surface area contributed by atoms with Gasteiger partial charge in [0.1, 0.15) is 12.4 Å². The minimum atomic E-state index is -0.928. The zero-order valence-electron chi connectivity index (χ0n) is 10.5. The Hall–Kier alpha value is -1.92. The van der Waals surface area contributed by atoms with Crippen molar-refractivity contribution in [2.24, 2.45) is 5.92 Å². The number of fused-ring (bicyclic) bond motifs is 1. The molecule has 1 saturated carbocycles. The summed E-state index contributed by atoms with van der Waals surface area (Å²) in [7, 11) is 0. The first-order valence-electron chi connectivity index (χ1n) is 6.59. The third kappa shape index (κ3) is 1.98. The molecule has 0 spiro atoms. The van der Waals surface area contributed by atoms with Crippen molar-refractivity contribution in [1.82, 2.24) is 20.1 Å². The fraction of sp³-hybridized carbons (Fsp3) is 0.667. The summed E-state index contributed by atoms with van der Waals surface area (Å²) in [6.45, 7) is 0. The molecular formula is C12H16N4O3. The van der Waals surface area contributed by atoms with Crippen molar-refractivity contribution >= 4 is 11.9 Å². The number of carbonyl (C=O) groups is 2. The summed E-state index contributed by atoms with van der Waals surface area (Å²) in [5, 5.41) is 15.5. The minimum Gasteiger partial charge on any atom is -0.480 e. The molecule has 2 N–H and O–H groups in total. The largest absolute Gasteiger partial charge is 0.480 e. The molecule has 19 heavy (non-hydrogen) atoms. The summed E-state index contributed by atoms with van der Waals surface area (Å²) in [6, 6.07) is -0.696. The molecule has 0 bridgehead atoms. The quantitative estimate of drug-likeness (QED) is 0.817. The number of carboxylic acids is 1. The third-order valence-corrected chi connectivity index (χ3v) is 4.23. The number of H-pyrrole nitrogens is 1. The molecule has 3 atom stereocenters. The van der Waals surface area contributed by atoms with Crippen LogP contribution in [-0.2, 0) is 4.79 Å². The van der Waals surface area contributed by atoms with Gasteiger partial charge in [0.2, 0.25) is 5.82 Å². The zero-order valence-corrected chi connectivity index (χ0v) is 10.5. The lowest BCUT2D eigenvalue weighted by molar-refractivity contribution is -0.141. The highest BCUT2D eigenvalue weighted by Crippen LogP contribution is 2.40. The Labute approximate surface area is 110 Å². The molecule has 1 aromatic heterocycles. The minimum absolute atomic E-state index is 0.0347. The fourth-order valence-electron chi connectivity index (χ4n) is 3.40. The Morgan fingerprint density at radius 2 is 2.16 bits per heavy atom. The van der Waals surface area contributed by atoms with Gasteiger partial charge in [0.15, 0.2) is 0 Å². The molecule has 3 rings (SSSR count). The van der Waals surface area contributed by atoms with Gasteiger partial charge >= 0.3 is 5.97 Å². The Bertz CT molecular complexity index is 487. The van der Waals surface area contributed by atoms with Crippen LogP contribution < -0.4 is 0 Å². The maximum Gasteiger partial charge on any atom is 0.326 e. The highest BCUT2D eigenvalue weighted by molar-refractivity contribution is 5.94. The first-order valence-corrected chi connectivity index (χ1v) is 6.59. The second kappa shape index (κ2) is 4.64. The summed E-state index contributed by atoms with van der Waals surface area (Å²) in [5.41, 5.74) is 0. The summed E-state index contributed by atoms with van der Waals surface area (Å²) >= 11 is 0. The number of aliphatic carboxylic acids is 1. The van der Waals surface area contributed by atoms with Crippen LogP contribution in [0.4, 0.5) is 0 Å². The molecule has 3 unspecified atom stereocenters. The van der Waals surface area contributed by atoms with Gasteiger partial charge in [-0.2, -0.15) is 5.10 Å². The summed E-state index contributed by atoms with van der Waals surface area (Å²) in [4.78, 5) is 29.1. The number of nitrogens with zero attached hydrogens (tertiary/aromatic N) is 3. The van der Waals surface area contributed by atoms with E-state index in [1.807, 2.05) is 0 Å². The van der Waals surface area contributed by atoms with E-state index in [0.29, 0.717) is 12.3 Å². The van der Waals surface area contributed by atoms with E-state index in [9.17, 15) is 14.7 Å². The molecule has 1 aliphatic carbocycles. The number of likely N-dealkylation sites (tertiary alicyclic amines) is 1. The lowest BCUT2D eigenvalue weighted by Gasteiger charge is -2.32. The lowest BCUT2D eigenvalue weighted by Crippen LogP contribution is -2.46. The fourth-order valence-corrected chi connectivity index (χ4v) is 3.40. The highest BCUT2D eigenvalue weighted by atomic mass is 16.4. The third-order valence-electron chi connectivity index (χ3n) is 4.23. The molecule has 1 amide bonds. The van der Waals surface area contributed by atoms with Crippen molar-refractivity contribution in [1.29, 1.82) is 0 Å². The van der Waals surface area contributed by atoms with Crippen LogP contribution in [0.3, 0.4) is 0 Å². The van der Waals surface area contributed by atoms with Crippen molar-refractivity contribution in [3.8, 4) is 0 Å². The van der Waals surface area contributed by atoms with Gasteiger partial charge in [-0.3, -0.25) is 9.89 Å². The standard InChI is InChI=1S/C12H16N4O3/c17-11(10-13-6-14-15-10)16-8-4-2-1-3-7(8)5-9(16)12(18)19/h6-9H,1-5H2,(H,18,19)(H,13,14,15). The molecular weight excluding hydrogens is 248 g/mol. The van der Waals surface area contributed by atoms with E-state index in [-0.39, 0.29) is 17.8 Å². The van der Waals surface area contributed by atoms with Gasteiger partial charge in [0.25, 0.3) is 5.91 Å². The maximum atomic E-state index is 12.4. The Balaban J connectivity index is 1.90. The SMILES string of the molecule is O=C(O)C1CC2CCCCC2N1C(=O)c1ncn[nH]1. The molecule has 102 valence electrons. The predicted molar refractivity (Wildman–Crippen MR) is 64.3 cm³/mol. The number of aromatic amines is 1. The highest BCUT2D eigenvalue weighted by Gasteiger charge is 2.48. The van der Waals surface area contributed by atoms with Crippen LogP contribution in [0.1, 0.15) is 42.7 Å². The Kier molecular flexibility index (Phi) is 2.96. The molecule has 2 heterocycles. The van der Waals surface area contributed by atoms with Crippen molar-refractivity contribution in [3.05, 3.63) is 12.2 Å². The summed E-state index contributed by atoms with van der Waals surface area (Å²) in [6.07, 6.45) is 5.88. The van der Waals surface area contributed by atoms with Crippen molar-refractivity contribution in [2.75, 3.05) is 0 Å².